The van der Waals surface area contributed by atoms with Crippen LogP contribution in [0.2, 0.25) is 0 Å². The lowest BCUT2D eigenvalue weighted by molar-refractivity contribution is 0.0991. The van der Waals surface area contributed by atoms with E-state index in [1.807, 2.05) is 19.1 Å². The molecule has 0 radical (unpaired) electrons. The van der Waals surface area contributed by atoms with E-state index in [4.69, 9.17) is 14.4 Å². The fourth-order valence-corrected chi connectivity index (χ4v) is 3.50. The minimum absolute atomic E-state index is 0.0988. The number of nitriles is 1. The van der Waals surface area contributed by atoms with Crippen molar-refractivity contribution in [2.24, 2.45) is 0 Å². The Morgan fingerprint density at radius 2 is 2.03 bits per heavy atom. The maximum atomic E-state index is 12.7. The van der Waals surface area contributed by atoms with Gasteiger partial charge in [0, 0.05) is 23.6 Å². The molecule has 160 valence electrons. The molecule has 0 fully saturated rings. The van der Waals surface area contributed by atoms with Crippen molar-refractivity contribution in [1.29, 1.82) is 5.26 Å². The van der Waals surface area contributed by atoms with Crippen LogP contribution in [0, 0.1) is 18.3 Å². The van der Waals surface area contributed by atoms with Crippen LogP contribution >= 0.6 is 11.3 Å². The summed E-state index contributed by atoms with van der Waals surface area (Å²) in [5.41, 5.74) is 1.32. The van der Waals surface area contributed by atoms with Crippen molar-refractivity contribution in [3.63, 3.8) is 0 Å². The van der Waals surface area contributed by atoms with Gasteiger partial charge in [-0.2, -0.15) is 10.4 Å². The Hall–Kier alpha value is -4.50. The molecule has 12 heteroatoms. The minimum Gasteiger partial charge on any atom is -0.488 e. The molecule has 0 spiro atoms. The molecule has 0 atom stereocenters. The van der Waals surface area contributed by atoms with E-state index in [1.54, 1.807) is 35.1 Å². The maximum Gasteiger partial charge on any atom is 0.381 e. The van der Waals surface area contributed by atoms with Gasteiger partial charge >= 0.3 is 5.63 Å². The maximum absolute atomic E-state index is 12.7. The van der Waals surface area contributed by atoms with E-state index in [9.17, 15) is 9.59 Å². The van der Waals surface area contributed by atoms with Crippen LogP contribution in [0.3, 0.4) is 0 Å². The van der Waals surface area contributed by atoms with Gasteiger partial charge in [-0.15, -0.1) is 10.2 Å². The fraction of sp³-hybridized carbons (Fsp3) is 0.100. The van der Waals surface area contributed by atoms with Crippen LogP contribution in [-0.2, 0) is 0 Å². The second kappa shape index (κ2) is 8.70. The lowest BCUT2D eigenvalue weighted by atomic mass is 10.2. The number of ether oxygens (including phenoxy) is 1. The predicted octanol–water partition coefficient (Wildman–Crippen LogP) is 2.86. The number of aromatic nitrogens is 4. The van der Waals surface area contributed by atoms with Gasteiger partial charge in [-0.3, -0.25) is 10.1 Å². The molecule has 0 unspecified atom stereocenters. The molecule has 4 rings (SSSR count). The van der Waals surface area contributed by atoms with E-state index in [0.29, 0.717) is 16.4 Å². The van der Waals surface area contributed by atoms with Crippen molar-refractivity contribution in [3.8, 4) is 17.0 Å². The number of amides is 1. The zero-order valence-corrected chi connectivity index (χ0v) is 17.6. The van der Waals surface area contributed by atoms with Crippen molar-refractivity contribution < 1.29 is 13.9 Å². The summed E-state index contributed by atoms with van der Waals surface area (Å²) < 4.78 is 11.8. The summed E-state index contributed by atoms with van der Waals surface area (Å²) in [7, 11) is 1.32. The van der Waals surface area contributed by atoms with Crippen molar-refractivity contribution in [3.05, 3.63) is 70.0 Å². The molecular formula is C20H15N7O4S. The van der Waals surface area contributed by atoms with Crippen molar-refractivity contribution >= 4 is 33.8 Å². The first-order chi connectivity index (χ1) is 15.5. The summed E-state index contributed by atoms with van der Waals surface area (Å²) in [4.78, 5) is 25.0. The highest BCUT2D eigenvalue weighted by atomic mass is 32.1. The molecule has 0 bridgehead atoms. The number of aryl methyl sites for hydroxylation is 1. The number of benzene rings is 1. The summed E-state index contributed by atoms with van der Waals surface area (Å²) in [6.45, 7) is 1.86. The molecule has 0 aliphatic rings. The number of anilines is 3. The Labute approximate surface area is 184 Å². The highest BCUT2D eigenvalue weighted by Gasteiger charge is 2.19. The lowest BCUT2D eigenvalue weighted by Crippen LogP contribution is -2.16. The Balaban J connectivity index is 1.58. The number of carbonyl (C=O) groups excluding carboxylic acids is 1. The van der Waals surface area contributed by atoms with Crippen LogP contribution < -0.4 is 21.0 Å². The molecule has 4 aromatic rings. The summed E-state index contributed by atoms with van der Waals surface area (Å²) >= 11 is 1.11. The third kappa shape index (κ3) is 4.18. The quantitative estimate of drug-likeness (QED) is 0.453. The van der Waals surface area contributed by atoms with Gasteiger partial charge in [0.05, 0.1) is 24.4 Å². The number of hydrogen-bond acceptors (Lipinski definition) is 10. The highest BCUT2D eigenvalue weighted by Crippen LogP contribution is 2.27. The molecule has 0 aliphatic carbocycles. The normalized spacial score (nSPS) is 10.4. The first-order valence-corrected chi connectivity index (χ1v) is 9.95. The second-order valence-corrected chi connectivity index (χ2v) is 7.34. The SMILES string of the molecule is COc1c(Nc2ccc(C#N)cc2)cc(C(=O)Nc2nnc(-n3nccc3C)s2)oc1=O. The predicted molar refractivity (Wildman–Crippen MR) is 116 cm³/mol. The van der Waals surface area contributed by atoms with E-state index in [2.05, 4.69) is 25.9 Å². The second-order valence-electron chi connectivity index (χ2n) is 6.39. The van der Waals surface area contributed by atoms with Crippen LogP contribution in [0.1, 0.15) is 21.8 Å². The lowest BCUT2D eigenvalue weighted by Gasteiger charge is -2.11. The number of rotatable bonds is 6. The van der Waals surface area contributed by atoms with Gasteiger partial charge in [0.15, 0.2) is 5.76 Å². The summed E-state index contributed by atoms with van der Waals surface area (Å²) in [6, 6.07) is 11.7. The molecule has 0 saturated carbocycles. The van der Waals surface area contributed by atoms with Crippen LogP contribution in [0.25, 0.3) is 5.13 Å². The molecule has 1 aromatic carbocycles. The molecule has 3 heterocycles. The van der Waals surface area contributed by atoms with Crippen LogP contribution in [0.5, 0.6) is 5.75 Å². The van der Waals surface area contributed by atoms with Gasteiger partial charge in [-0.1, -0.05) is 11.3 Å². The van der Waals surface area contributed by atoms with Crippen molar-refractivity contribution in [2.75, 3.05) is 17.7 Å². The van der Waals surface area contributed by atoms with E-state index < -0.39 is 11.5 Å². The molecule has 32 heavy (non-hydrogen) atoms. The van der Waals surface area contributed by atoms with Crippen molar-refractivity contribution in [1.82, 2.24) is 20.0 Å². The first-order valence-electron chi connectivity index (χ1n) is 9.13. The Morgan fingerprint density at radius 1 is 1.25 bits per heavy atom. The summed E-state index contributed by atoms with van der Waals surface area (Å²) in [5.74, 6) is -1.04. The van der Waals surface area contributed by atoms with Gasteiger partial charge in [-0.25, -0.2) is 9.48 Å². The topological polar surface area (TPSA) is 148 Å². The van der Waals surface area contributed by atoms with E-state index >= 15 is 0 Å². The van der Waals surface area contributed by atoms with Gasteiger partial charge in [0.1, 0.15) is 0 Å². The molecule has 3 aromatic heterocycles. The third-order valence-corrected chi connectivity index (χ3v) is 5.09. The van der Waals surface area contributed by atoms with E-state index in [1.165, 1.54) is 13.2 Å². The number of nitrogens with one attached hydrogen (secondary N) is 2. The summed E-state index contributed by atoms with van der Waals surface area (Å²) in [5, 5.41) is 27.2. The average Bonchev–Trinajstić information content (AvgIpc) is 3.42. The third-order valence-electron chi connectivity index (χ3n) is 4.28. The zero-order valence-electron chi connectivity index (χ0n) is 16.8. The van der Waals surface area contributed by atoms with Gasteiger partial charge in [0.25, 0.3) is 5.91 Å². The zero-order chi connectivity index (χ0) is 22.7. The Kier molecular flexibility index (Phi) is 5.65. The van der Waals surface area contributed by atoms with Crippen molar-refractivity contribution in [2.45, 2.75) is 6.92 Å². The number of hydrogen-bond donors (Lipinski definition) is 2. The molecule has 2 N–H and O–H groups in total. The Morgan fingerprint density at radius 3 is 2.69 bits per heavy atom. The van der Waals surface area contributed by atoms with Gasteiger partial charge in [0.2, 0.25) is 16.0 Å². The molecule has 11 nitrogen and oxygen atoms in total. The largest absolute Gasteiger partial charge is 0.488 e. The fourth-order valence-electron chi connectivity index (χ4n) is 2.74. The average molecular weight is 449 g/mol. The first kappa shape index (κ1) is 20.8. The minimum atomic E-state index is -0.832. The van der Waals surface area contributed by atoms with Crippen LogP contribution in [-0.4, -0.2) is 33.0 Å². The number of methoxy groups -OCH3 is 1. The standard InChI is InChI=1S/C20H15N7O4S/c1-11-7-8-22-27(11)20-26-25-19(32-20)24-17(28)15-9-14(16(30-2)18(29)31-15)23-13-5-3-12(10-21)4-6-13/h3-9,23H,1-2H3,(H,24,25,28). The van der Waals surface area contributed by atoms with Gasteiger partial charge < -0.3 is 14.5 Å². The number of nitrogens with zero attached hydrogens (tertiary/aromatic N) is 5. The smallest absolute Gasteiger partial charge is 0.381 e. The van der Waals surface area contributed by atoms with Crippen LogP contribution in [0.4, 0.5) is 16.5 Å². The molecule has 0 aliphatic heterocycles. The van der Waals surface area contributed by atoms with Gasteiger partial charge in [-0.05, 0) is 37.3 Å². The van der Waals surface area contributed by atoms with E-state index in [-0.39, 0.29) is 22.3 Å². The monoisotopic (exact) mass is 449 g/mol. The number of carbonyl (C=O) groups is 1. The Bertz CT molecular complexity index is 1380. The summed E-state index contributed by atoms with van der Waals surface area (Å²) in [6.07, 6.45) is 1.63. The molecule has 1 amide bonds. The van der Waals surface area contributed by atoms with E-state index in [0.717, 1.165) is 17.0 Å². The van der Waals surface area contributed by atoms with Crippen LogP contribution in [0.15, 0.2) is 51.8 Å². The highest BCUT2D eigenvalue weighted by molar-refractivity contribution is 7.17. The molecule has 0 saturated heterocycles. The molecular weight excluding hydrogens is 434 g/mol.